The number of hydrogen-bond donors (Lipinski definition) is 1. The second-order valence-corrected chi connectivity index (χ2v) is 6.15. The van der Waals surface area contributed by atoms with Gasteiger partial charge in [-0.15, -0.1) is 0 Å². The Balaban J connectivity index is 1.88. The van der Waals surface area contributed by atoms with E-state index in [0.29, 0.717) is 24.2 Å². The van der Waals surface area contributed by atoms with Crippen molar-refractivity contribution in [2.75, 3.05) is 0 Å². The fourth-order valence-corrected chi connectivity index (χ4v) is 3.38. The largest absolute Gasteiger partial charge is 0.508 e. The number of carbonyl (C=O) groups is 2. The number of cyclic esters (lactones) is 1. The molecule has 0 bridgehead atoms. The topological polar surface area (TPSA) is 100 Å². The standard InChI is InChI=1S/C18H18N2O4/c19-20-16-17(22)15(12-3-1-2-4-12)14(24-18(16)23)10-7-11-5-8-13(21)9-6-11/h5-6,8-9,12,21H,1-4,7,10H2. The molecule has 3 rings (SSSR count). The Labute approximate surface area is 139 Å². The number of esters is 1. The van der Waals surface area contributed by atoms with E-state index in [9.17, 15) is 14.7 Å². The summed E-state index contributed by atoms with van der Waals surface area (Å²) in [4.78, 5) is 27.2. The second kappa shape index (κ2) is 6.81. The van der Waals surface area contributed by atoms with Crippen LogP contribution in [-0.2, 0) is 20.7 Å². The van der Waals surface area contributed by atoms with E-state index in [-0.39, 0.29) is 11.7 Å². The zero-order valence-corrected chi connectivity index (χ0v) is 13.2. The zero-order valence-electron chi connectivity index (χ0n) is 13.2. The fraction of sp³-hybridized carbons (Fsp3) is 0.389. The average molecular weight is 326 g/mol. The van der Waals surface area contributed by atoms with Gasteiger partial charge in [0.1, 0.15) is 11.5 Å². The molecule has 1 saturated carbocycles. The molecule has 0 unspecified atom stereocenters. The lowest BCUT2D eigenvalue weighted by Gasteiger charge is -2.20. The van der Waals surface area contributed by atoms with E-state index in [0.717, 1.165) is 31.2 Å². The minimum absolute atomic E-state index is 0.0529. The van der Waals surface area contributed by atoms with Crippen molar-refractivity contribution in [2.45, 2.75) is 38.5 Å². The van der Waals surface area contributed by atoms with Gasteiger partial charge in [0.25, 0.3) is 5.78 Å². The monoisotopic (exact) mass is 326 g/mol. The summed E-state index contributed by atoms with van der Waals surface area (Å²) in [5.74, 6) is -0.784. The fourth-order valence-electron chi connectivity index (χ4n) is 3.38. The summed E-state index contributed by atoms with van der Waals surface area (Å²) in [7, 11) is 0. The van der Waals surface area contributed by atoms with Gasteiger partial charge in [0.15, 0.2) is 0 Å². The van der Waals surface area contributed by atoms with E-state index < -0.39 is 17.5 Å². The Bertz CT molecular complexity index is 752. The van der Waals surface area contributed by atoms with Gasteiger partial charge < -0.3 is 15.4 Å². The van der Waals surface area contributed by atoms with Crippen LogP contribution in [0.2, 0.25) is 0 Å². The van der Waals surface area contributed by atoms with E-state index in [1.54, 1.807) is 24.3 Å². The van der Waals surface area contributed by atoms with Crippen LogP contribution in [0.25, 0.3) is 5.53 Å². The van der Waals surface area contributed by atoms with E-state index in [1.165, 1.54) is 0 Å². The summed E-state index contributed by atoms with van der Waals surface area (Å²) in [6.45, 7) is 0. The first-order chi connectivity index (χ1) is 11.6. The molecule has 6 heteroatoms. The quantitative estimate of drug-likeness (QED) is 0.522. The number of aromatic hydroxyl groups is 1. The first-order valence-corrected chi connectivity index (χ1v) is 8.10. The molecule has 0 atom stereocenters. The third-order valence-corrected chi connectivity index (χ3v) is 4.61. The van der Waals surface area contributed by atoms with Gasteiger partial charge in [-0.3, -0.25) is 4.79 Å². The number of hydrogen-bond acceptors (Lipinski definition) is 4. The molecule has 2 aliphatic rings. The highest BCUT2D eigenvalue weighted by molar-refractivity contribution is 6.66. The smallest absolute Gasteiger partial charge is 0.446 e. The van der Waals surface area contributed by atoms with Crippen molar-refractivity contribution >= 4 is 17.5 Å². The number of aryl methyl sites for hydroxylation is 1. The van der Waals surface area contributed by atoms with Gasteiger partial charge in [0.2, 0.25) is 0 Å². The summed E-state index contributed by atoms with van der Waals surface area (Å²) in [6, 6.07) is 6.77. The molecule has 1 aromatic rings. The first kappa shape index (κ1) is 16.1. The van der Waals surface area contributed by atoms with Crippen molar-refractivity contribution in [3.63, 3.8) is 0 Å². The summed E-state index contributed by atoms with van der Waals surface area (Å²) < 4.78 is 5.31. The van der Waals surface area contributed by atoms with Crippen molar-refractivity contribution in [3.8, 4) is 5.75 Å². The Hall–Kier alpha value is -2.72. The predicted molar refractivity (Wildman–Crippen MR) is 85.1 cm³/mol. The Morgan fingerprint density at radius 2 is 1.79 bits per heavy atom. The number of rotatable bonds is 4. The highest BCUT2D eigenvalue weighted by Crippen LogP contribution is 2.36. The van der Waals surface area contributed by atoms with E-state index in [2.05, 4.69) is 4.79 Å². The number of allylic oxidation sites excluding steroid dienone is 2. The van der Waals surface area contributed by atoms with Crippen molar-refractivity contribution in [1.82, 2.24) is 0 Å². The van der Waals surface area contributed by atoms with Crippen LogP contribution in [0.4, 0.5) is 0 Å². The number of carbonyl (C=O) groups excluding carboxylic acids is 2. The third-order valence-electron chi connectivity index (χ3n) is 4.61. The van der Waals surface area contributed by atoms with Crippen molar-refractivity contribution in [2.24, 2.45) is 5.92 Å². The maximum absolute atomic E-state index is 12.5. The van der Waals surface area contributed by atoms with E-state index in [1.807, 2.05) is 0 Å². The molecule has 24 heavy (non-hydrogen) atoms. The molecule has 0 spiro atoms. The van der Waals surface area contributed by atoms with Crippen LogP contribution in [0.3, 0.4) is 0 Å². The van der Waals surface area contributed by atoms with Crippen molar-refractivity contribution < 1.29 is 24.2 Å². The molecular weight excluding hydrogens is 308 g/mol. The molecule has 1 fully saturated rings. The van der Waals surface area contributed by atoms with Crippen molar-refractivity contribution in [1.29, 1.82) is 0 Å². The highest BCUT2D eigenvalue weighted by Gasteiger charge is 2.44. The van der Waals surface area contributed by atoms with Crippen LogP contribution in [0.1, 0.15) is 37.7 Å². The first-order valence-electron chi connectivity index (χ1n) is 8.10. The molecule has 0 radical (unpaired) electrons. The number of ether oxygens (including phenoxy) is 1. The Kier molecular flexibility index (Phi) is 4.58. The molecule has 1 heterocycles. The normalized spacial score (nSPS) is 18.8. The lowest BCUT2D eigenvalue weighted by molar-refractivity contribution is -0.140. The van der Waals surface area contributed by atoms with Crippen LogP contribution in [-0.4, -0.2) is 27.4 Å². The number of phenolic OH excluding ortho intramolecular Hbond substituents is 1. The molecule has 1 aliphatic carbocycles. The molecule has 6 nitrogen and oxygen atoms in total. The number of phenols is 1. The summed E-state index contributed by atoms with van der Waals surface area (Å²) in [6.07, 6.45) is 4.81. The third kappa shape index (κ3) is 3.14. The number of Topliss-reactive ketones (excluding diaryl/α,β-unsaturated/α-hetero) is 1. The van der Waals surface area contributed by atoms with Gasteiger partial charge in [0.05, 0.1) is 0 Å². The maximum atomic E-state index is 12.5. The van der Waals surface area contributed by atoms with Gasteiger partial charge in [-0.2, -0.15) is 4.79 Å². The molecule has 1 aromatic carbocycles. The van der Waals surface area contributed by atoms with Crippen LogP contribution >= 0.6 is 0 Å². The van der Waals surface area contributed by atoms with Crippen LogP contribution in [0, 0.1) is 5.92 Å². The maximum Gasteiger partial charge on any atom is 0.446 e. The number of ketones is 1. The van der Waals surface area contributed by atoms with Crippen molar-refractivity contribution in [3.05, 3.63) is 46.7 Å². The van der Waals surface area contributed by atoms with Gasteiger partial charge in [-0.05, 0) is 42.9 Å². The molecule has 0 saturated heterocycles. The van der Waals surface area contributed by atoms with Crippen LogP contribution in [0.15, 0.2) is 35.6 Å². The summed E-state index contributed by atoms with van der Waals surface area (Å²) >= 11 is 0. The minimum atomic E-state index is -0.898. The lowest BCUT2D eigenvalue weighted by Crippen LogP contribution is -2.36. The van der Waals surface area contributed by atoms with Gasteiger partial charge in [-0.1, -0.05) is 25.0 Å². The van der Waals surface area contributed by atoms with E-state index >= 15 is 0 Å². The molecule has 1 aliphatic heterocycles. The predicted octanol–water partition coefficient (Wildman–Crippen LogP) is 2.57. The zero-order chi connectivity index (χ0) is 17.1. The van der Waals surface area contributed by atoms with Gasteiger partial charge in [-0.25, -0.2) is 4.79 Å². The highest BCUT2D eigenvalue weighted by atomic mass is 16.5. The minimum Gasteiger partial charge on any atom is -0.508 e. The summed E-state index contributed by atoms with van der Waals surface area (Å²) in [5.41, 5.74) is 9.85. The van der Waals surface area contributed by atoms with Gasteiger partial charge >= 0.3 is 11.7 Å². The molecular formula is C18H18N2O4. The Morgan fingerprint density at radius 1 is 1.12 bits per heavy atom. The summed E-state index contributed by atoms with van der Waals surface area (Å²) in [5, 5.41) is 9.32. The molecule has 1 N–H and O–H groups in total. The number of nitrogens with zero attached hydrogens (tertiary/aromatic N) is 2. The number of benzene rings is 1. The van der Waals surface area contributed by atoms with Crippen LogP contribution < -0.4 is 0 Å². The lowest BCUT2D eigenvalue weighted by atomic mass is 9.88. The van der Waals surface area contributed by atoms with E-state index in [4.69, 9.17) is 10.3 Å². The second-order valence-electron chi connectivity index (χ2n) is 6.15. The molecule has 0 amide bonds. The van der Waals surface area contributed by atoms with Crippen LogP contribution in [0.5, 0.6) is 5.75 Å². The Morgan fingerprint density at radius 3 is 2.42 bits per heavy atom. The average Bonchev–Trinajstić information content (AvgIpc) is 3.08. The van der Waals surface area contributed by atoms with Gasteiger partial charge in [0, 0.05) is 12.0 Å². The molecule has 0 aromatic heterocycles. The SMILES string of the molecule is [N-]=[N+]=C1C(=O)OC(CCc2ccc(O)cc2)=C(C2CCCC2)C1=O. The molecule has 124 valence electrons.